The van der Waals surface area contributed by atoms with Crippen LogP contribution >= 0.6 is 0 Å². The smallest absolute Gasteiger partial charge is 0.306 e. The van der Waals surface area contributed by atoms with Crippen LogP contribution in [0.25, 0.3) is 0 Å². The van der Waals surface area contributed by atoms with Gasteiger partial charge in [-0.15, -0.1) is 0 Å². The van der Waals surface area contributed by atoms with E-state index in [4.69, 9.17) is 5.11 Å². The Morgan fingerprint density at radius 2 is 1.75 bits per heavy atom. The van der Waals surface area contributed by atoms with Crippen LogP contribution in [0.15, 0.2) is 24.3 Å². The molecule has 0 saturated heterocycles. The maximum absolute atomic E-state index is 10.7. The molecule has 1 aromatic rings. The lowest BCUT2D eigenvalue weighted by Crippen LogP contribution is -2.44. The van der Waals surface area contributed by atoms with Gasteiger partial charge in [0.05, 0.1) is 5.92 Å². The number of hydrogen-bond acceptors (Lipinski definition) is 2. The predicted molar refractivity (Wildman–Crippen MR) is 59.8 cm³/mol. The molecule has 0 bridgehead atoms. The van der Waals surface area contributed by atoms with Crippen molar-refractivity contribution in [2.75, 3.05) is 0 Å². The highest BCUT2D eigenvalue weighted by Gasteiger charge is 2.39. The number of carbonyl (C=O) groups is 1. The lowest BCUT2D eigenvalue weighted by atomic mass is 9.79. The van der Waals surface area contributed by atoms with Crippen LogP contribution in [0.2, 0.25) is 0 Å². The van der Waals surface area contributed by atoms with E-state index in [9.17, 15) is 4.79 Å². The molecule has 0 unspecified atom stereocenters. The van der Waals surface area contributed by atoms with E-state index in [-0.39, 0.29) is 5.92 Å². The van der Waals surface area contributed by atoms with Gasteiger partial charge in [-0.25, -0.2) is 0 Å². The van der Waals surface area contributed by atoms with Crippen LogP contribution < -0.4 is 0 Å². The zero-order valence-corrected chi connectivity index (χ0v) is 9.10. The summed E-state index contributed by atoms with van der Waals surface area (Å²) in [7, 11) is 0. The average Bonchev–Trinajstić information content (AvgIpc) is 2.57. The maximum atomic E-state index is 10.7. The van der Waals surface area contributed by atoms with Crippen LogP contribution in [-0.2, 0) is 17.9 Å². The van der Waals surface area contributed by atoms with Crippen molar-refractivity contribution in [1.29, 1.82) is 0 Å². The summed E-state index contributed by atoms with van der Waals surface area (Å²) in [4.78, 5) is 13.1. The molecule has 1 fully saturated rings. The fourth-order valence-electron chi connectivity index (χ4n) is 2.71. The first-order valence-electron chi connectivity index (χ1n) is 5.77. The van der Waals surface area contributed by atoms with E-state index in [1.807, 2.05) is 0 Å². The zero-order valence-electron chi connectivity index (χ0n) is 9.10. The third-order valence-corrected chi connectivity index (χ3v) is 3.84. The van der Waals surface area contributed by atoms with E-state index in [0.717, 1.165) is 25.9 Å². The summed E-state index contributed by atoms with van der Waals surface area (Å²) in [6, 6.07) is 8.96. The molecule has 0 aromatic heterocycles. The third kappa shape index (κ3) is 1.52. The van der Waals surface area contributed by atoms with Crippen LogP contribution in [0.3, 0.4) is 0 Å². The minimum atomic E-state index is -0.632. The molecule has 84 valence electrons. The monoisotopic (exact) mass is 217 g/mol. The van der Waals surface area contributed by atoms with Crippen molar-refractivity contribution in [3.05, 3.63) is 35.4 Å². The zero-order chi connectivity index (χ0) is 11.1. The number of hydrogen-bond donors (Lipinski definition) is 1. The van der Waals surface area contributed by atoms with Crippen LogP contribution in [0.1, 0.15) is 24.0 Å². The first-order chi connectivity index (χ1) is 7.74. The number of nitrogens with zero attached hydrogens (tertiary/aromatic N) is 1. The predicted octanol–water partition coefficient (Wildman–Crippen LogP) is 1.87. The van der Waals surface area contributed by atoms with Crippen LogP contribution in [-0.4, -0.2) is 22.0 Å². The van der Waals surface area contributed by atoms with E-state index < -0.39 is 5.97 Å². The lowest BCUT2D eigenvalue weighted by Gasteiger charge is -2.39. The standard InChI is InChI=1S/C13H15NO2/c15-13(16)11-5-12(6-11)14-7-9-3-1-2-4-10(9)8-14/h1-4,11-12H,5-8H2,(H,15,16). The Balaban J connectivity index is 1.63. The molecule has 1 aliphatic heterocycles. The minimum absolute atomic E-state index is 0.103. The first kappa shape index (κ1) is 9.85. The van der Waals surface area contributed by atoms with Crippen molar-refractivity contribution in [3.8, 4) is 0 Å². The molecule has 3 nitrogen and oxygen atoms in total. The molecule has 1 aliphatic carbocycles. The third-order valence-electron chi connectivity index (χ3n) is 3.84. The summed E-state index contributed by atoms with van der Waals surface area (Å²) < 4.78 is 0. The van der Waals surface area contributed by atoms with Crippen molar-refractivity contribution >= 4 is 5.97 Å². The van der Waals surface area contributed by atoms with Crippen molar-refractivity contribution in [1.82, 2.24) is 4.90 Å². The number of carboxylic acid groups (broad SMARTS) is 1. The van der Waals surface area contributed by atoms with Gasteiger partial charge in [-0.2, -0.15) is 0 Å². The normalized spacial score (nSPS) is 28.5. The largest absolute Gasteiger partial charge is 0.481 e. The van der Waals surface area contributed by atoms with Crippen molar-refractivity contribution in [2.24, 2.45) is 5.92 Å². The Labute approximate surface area is 94.7 Å². The van der Waals surface area contributed by atoms with E-state index >= 15 is 0 Å². The number of carboxylic acids is 1. The molecule has 3 heteroatoms. The molecular formula is C13H15NO2. The Bertz CT molecular complexity index is 399. The molecule has 0 atom stereocenters. The fourth-order valence-corrected chi connectivity index (χ4v) is 2.71. The van der Waals surface area contributed by atoms with Crippen molar-refractivity contribution in [3.63, 3.8) is 0 Å². The van der Waals surface area contributed by atoms with Crippen molar-refractivity contribution < 1.29 is 9.90 Å². The molecule has 0 radical (unpaired) electrons. The minimum Gasteiger partial charge on any atom is -0.481 e. The summed E-state index contributed by atoms with van der Waals surface area (Å²) in [6.07, 6.45) is 1.65. The molecule has 0 spiro atoms. The summed E-state index contributed by atoms with van der Waals surface area (Å²) in [5, 5.41) is 8.85. The van der Waals surface area contributed by atoms with Gasteiger partial charge in [-0.05, 0) is 24.0 Å². The highest BCUT2D eigenvalue weighted by Crippen LogP contribution is 2.36. The summed E-state index contributed by atoms with van der Waals surface area (Å²) in [5.74, 6) is -0.735. The second-order valence-electron chi connectivity index (χ2n) is 4.83. The highest BCUT2D eigenvalue weighted by atomic mass is 16.4. The van der Waals surface area contributed by atoms with Gasteiger partial charge in [0.1, 0.15) is 0 Å². The molecule has 1 heterocycles. The Morgan fingerprint density at radius 1 is 1.19 bits per heavy atom. The van der Waals surface area contributed by atoms with Crippen LogP contribution in [0.4, 0.5) is 0 Å². The van der Waals surface area contributed by atoms with Crippen LogP contribution in [0.5, 0.6) is 0 Å². The SMILES string of the molecule is O=C(O)C1CC(N2Cc3ccccc3C2)C1. The average molecular weight is 217 g/mol. The molecule has 2 aliphatic rings. The lowest BCUT2D eigenvalue weighted by molar-refractivity contribution is -0.147. The number of benzene rings is 1. The molecular weight excluding hydrogens is 202 g/mol. The molecule has 16 heavy (non-hydrogen) atoms. The van der Waals surface area contributed by atoms with Gasteiger partial charge in [0, 0.05) is 19.1 Å². The quantitative estimate of drug-likeness (QED) is 0.822. The summed E-state index contributed by atoms with van der Waals surface area (Å²) in [5.41, 5.74) is 2.81. The van der Waals surface area contributed by atoms with Crippen molar-refractivity contribution in [2.45, 2.75) is 32.0 Å². The van der Waals surface area contributed by atoms with E-state index in [1.165, 1.54) is 11.1 Å². The molecule has 1 saturated carbocycles. The molecule has 0 amide bonds. The Kier molecular flexibility index (Phi) is 2.21. The highest BCUT2D eigenvalue weighted by molar-refractivity contribution is 5.71. The van der Waals surface area contributed by atoms with E-state index in [0.29, 0.717) is 6.04 Å². The number of fused-ring (bicyclic) bond motifs is 1. The van der Waals surface area contributed by atoms with Gasteiger partial charge < -0.3 is 5.11 Å². The van der Waals surface area contributed by atoms with Gasteiger partial charge >= 0.3 is 5.97 Å². The number of aliphatic carboxylic acids is 1. The van der Waals surface area contributed by atoms with Gasteiger partial charge in [-0.1, -0.05) is 24.3 Å². The topological polar surface area (TPSA) is 40.5 Å². The second-order valence-corrected chi connectivity index (χ2v) is 4.83. The summed E-state index contributed by atoms with van der Waals surface area (Å²) >= 11 is 0. The van der Waals surface area contributed by atoms with E-state index in [2.05, 4.69) is 29.2 Å². The van der Waals surface area contributed by atoms with Gasteiger partial charge in [0.15, 0.2) is 0 Å². The van der Waals surface area contributed by atoms with Crippen LogP contribution in [0, 0.1) is 5.92 Å². The molecule has 3 rings (SSSR count). The summed E-state index contributed by atoms with van der Waals surface area (Å²) in [6.45, 7) is 1.99. The second kappa shape index (κ2) is 3.59. The maximum Gasteiger partial charge on any atom is 0.306 e. The van der Waals surface area contributed by atoms with Gasteiger partial charge in [0.25, 0.3) is 0 Å². The van der Waals surface area contributed by atoms with Gasteiger partial charge in [-0.3, -0.25) is 9.69 Å². The Hall–Kier alpha value is -1.35. The molecule has 1 N–H and O–H groups in total. The number of rotatable bonds is 2. The van der Waals surface area contributed by atoms with E-state index in [1.54, 1.807) is 0 Å². The Morgan fingerprint density at radius 3 is 2.25 bits per heavy atom. The van der Waals surface area contributed by atoms with Gasteiger partial charge in [0.2, 0.25) is 0 Å². The molecule has 1 aromatic carbocycles. The fraction of sp³-hybridized carbons (Fsp3) is 0.462. The first-order valence-corrected chi connectivity index (χ1v) is 5.77.